The van der Waals surface area contributed by atoms with Crippen molar-refractivity contribution in [2.24, 2.45) is 0 Å². The fourth-order valence-corrected chi connectivity index (χ4v) is 2.98. The molecular weight excluding hydrogens is 387 g/mol. The first-order valence-corrected chi connectivity index (χ1v) is 8.08. The van der Waals surface area contributed by atoms with Gasteiger partial charge >= 0.3 is 0 Å². The van der Waals surface area contributed by atoms with Crippen molar-refractivity contribution in [2.45, 2.75) is 6.04 Å². The van der Waals surface area contributed by atoms with Gasteiger partial charge in [0.2, 0.25) is 5.95 Å². The first kappa shape index (κ1) is 13.5. The van der Waals surface area contributed by atoms with Crippen LogP contribution in [0.5, 0.6) is 0 Å². The number of allylic oxidation sites excluding steroid dienone is 1. The fourth-order valence-electron chi connectivity index (χ4n) is 2.62. The molecule has 22 heavy (non-hydrogen) atoms. The number of nitrogens with zero attached hydrogens (tertiary/aromatic N) is 3. The lowest BCUT2D eigenvalue weighted by molar-refractivity contribution is 0.612. The minimum absolute atomic E-state index is 0.0502. The number of halogens is 1. The summed E-state index contributed by atoms with van der Waals surface area (Å²) >= 11 is 2.31. The van der Waals surface area contributed by atoms with Crippen molar-refractivity contribution in [3.63, 3.8) is 0 Å². The summed E-state index contributed by atoms with van der Waals surface area (Å²) in [6.45, 7) is 0. The molecule has 1 aromatic heterocycles. The quantitative estimate of drug-likeness (QED) is 0.663. The number of anilines is 1. The monoisotopic (exact) mass is 400 g/mol. The van der Waals surface area contributed by atoms with E-state index in [4.69, 9.17) is 0 Å². The highest BCUT2D eigenvalue weighted by molar-refractivity contribution is 14.1. The number of rotatable bonds is 2. The summed E-state index contributed by atoms with van der Waals surface area (Å²) in [7, 11) is 0. The van der Waals surface area contributed by atoms with Crippen molar-refractivity contribution in [3.8, 4) is 0 Å². The molecule has 2 aromatic carbocycles. The number of benzene rings is 2. The summed E-state index contributed by atoms with van der Waals surface area (Å²) in [5.74, 6) is 0.768. The maximum Gasteiger partial charge on any atom is 0.226 e. The summed E-state index contributed by atoms with van der Waals surface area (Å²) in [5, 5.41) is 7.71. The van der Waals surface area contributed by atoms with Gasteiger partial charge in [0.1, 0.15) is 12.4 Å². The predicted molar refractivity (Wildman–Crippen MR) is 95.4 cm³/mol. The van der Waals surface area contributed by atoms with Gasteiger partial charge in [-0.1, -0.05) is 42.5 Å². The molecular formula is C17H13IN4. The third-order valence-electron chi connectivity index (χ3n) is 3.70. The van der Waals surface area contributed by atoms with Crippen molar-refractivity contribution < 1.29 is 0 Å². The molecule has 4 rings (SSSR count). The van der Waals surface area contributed by atoms with Gasteiger partial charge in [-0.2, -0.15) is 10.1 Å². The molecule has 0 radical (unpaired) electrons. The van der Waals surface area contributed by atoms with E-state index in [-0.39, 0.29) is 6.04 Å². The molecule has 108 valence electrons. The highest BCUT2D eigenvalue weighted by Gasteiger charge is 2.22. The number of nitrogens with one attached hydrogen (secondary N) is 1. The Morgan fingerprint density at radius 1 is 1.00 bits per heavy atom. The maximum atomic E-state index is 4.35. The van der Waals surface area contributed by atoms with Crippen LogP contribution in [0.2, 0.25) is 0 Å². The number of hydrogen-bond donors (Lipinski definition) is 1. The molecule has 3 aromatic rings. The van der Waals surface area contributed by atoms with Crippen LogP contribution in [0.4, 0.5) is 5.95 Å². The van der Waals surface area contributed by atoms with E-state index < -0.39 is 0 Å². The van der Waals surface area contributed by atoms with E-state index >= 15 is 0 Å². The lowest BCUT2D eigenvalue weighted by Gasteiger charge is -2.24. The molecule has 0 saturated carbocycles. The van der Waals surface area contributed by atoms with Crippen molar-refractivity contribution >= 4 is 34.2 Å². The van der Waals surface area contributed by atoms with Crippen LogP contribution in [0.25, 0.3) is 5.70 Å². The van der Waals surface area contributed by atoms with Crippen LogP contribution in [-0.2, 0) is 0 Å². The molecule has 1 aliphatic rings. The highest BCUT2D eigenvalue weighted by Crippen LogP contribution is 2.31. The van der Waals surface area contributed by atoms with Gasteiger partial charge in [0.15, 0.2) is 0 Å². The van der Waals surface area contributed by atoms with Gasteiger partial charge in [-0.25, -0.2) is 4.68 Å². The topological polar surface area (TPSA) is 42.7 Å². The Morgan fingerprint density at radius 2 is 1.77 bits per heavy atom. The van der Waals surface area contributed by atoms with E-state index in [9.17, 15) is 0 Å². The zero-order valence-corrected chi connectivity index (χ0v) is 13.8. The van der Waals surface area contributed by atoms with Gasteiger partial charge in [-0.05, 0) is 51.9 Å². The second-order valence-corrected chi connectivity index (χ2v) is 6.34. The Kier molecular flexibility index (Phi) is 3.42. The summed E-state index contributed by atoms with van der Waals surface area (Å²) in [5.41, 5.74) is 3.40. The van der Waals surface area contributed by atoms with Gasteiger partial charge < -0.3 is 5.32 Å². The predicted octanol–water partition coefficient (Wildman–Crippen LogP) is 3.94. The Balaban J connectivity index is 1.81. The molecule has 5 heteroatoms. The van der Waals surface area contributed by atoms with E-state index in [1.165, 1.54) is 9.13 Å². The Morgan fingerprint density at radius 3 is 2.55 bits per heavy atom. The molecule has 1 atom stereocenters. The van der Waals surface area contributed by atoms with Crippen LogP contribution in [0.15, 0.2) is 67.0 Å². The molecule has 0 unspecified atom stereocenters. The van der Waals surface area contributed by atoms with Crippen molar-refractivity contribution in [2.75, 3.05) is 5.32 Å². The Hall–Kier alpha value is -2.15. The van der Waals surface area contributed by atoms with Crippen LogP contribution in [-0.4, -0.2) is 14.8 Å². The first-order valence-electron chi connectivity index (χ1n) is 7.00. The number of aromatic nitrogens is 3. The van der Waals surface area contributed by atoms with Crippen molar-refractivity contribution in [3.05, 3.63) is 81.7 Å². The Labute approximate surface area is 142 Å². The molecule has 0 bridgehead atoms. The lowest BCUT2D eigenvalue weighted by Crippen LogP contribution is -2.20. The summed E-state index contributed by atoms with van der Waals surface area (Å²) < 4.78 is 3.13. The average Bonchev–Trinajstić information content (AvgIpc) is 3.04. The van der Waals surface area contributed by atoms with Crippen LogP contribution < -0.4 is 5.32 Å². The summed E-state index contributed by atoms with van der Waals surface area (Å²) in [6.07, 6.45) is 3.78. The zero-order chi connectivity index (χ0) is 14.9. The molecule has 0 aliphatic carbocycles. The van der Waals surface area contributed by atoms with Gasteiger partial charge in [0, 0.05) is 9.27 Å². The summed E-state index contributed by atoms with van der Waals surface area (Å²) in [6, 6.07) is 18.9. The molecule has 4 nitrogen and oxygen atoms in total. The van der Waals surface area contributed by atoms with Gasteiger partial charge in [0.05, 0.1) is 0 Å². The molecule has 0 saturated heterocycles. The second kappa shape index (κ2) is 5.57. The van der Waals surface area contributed by atoms with Crippen LogP contribution >= 0.6 is 22.6 Å². The largest absolute Gasteiger partial charge is 0.324 e. The van der Waals surface area contributed by atoms with E-state index in [2.05, 4.69) is 80.5 Å². The molecule has 0 fully saturated rings. The maximum absolute atomic E-state index is 4.35. The first-order chi connectivity index (χ1) is 10.8. The lowest BCUT2D eigenvalue weighted by atomic mass is 10.0. The average molecular weight is 400 g/mol. The van der Waals surface area contributed by atoms with E-state index in [1.807, 2.05) is 22.9 Å². The third-order valence-corrected chi connectivity index (χ3v) is 4.42. The smallest absolute Gasteiger partial charge is 0.226 e. The standard InChI is InChI=1S/C17H13IN4/c18-14-8-6-12(7-9-14)15-10-16(13-4-2-1-3-5-13)22-17(21-15)19-11-20-22/h1-11,16H,(H,19,20,21)/t16-/m1/s1. The van der Waals surface area contributed by atoms with E-state index in [0.29, 0.717) is 0 Å². The molecule has 2 heterocycles. The molecule has 1 N–H and O–H groups in total. The van der Waals surface area contributed by atoms with E-state index in [1.54, 1.807) is 6.33 Å². The van der Waals surface area contributed by atoms with Crippen molar-refractivity contribution in [1.29, 1.82) is 0 Å². The minimum atomic E-state index is 0.0502. The molecule has 0 amide bonds. The van der Waals surface area contributed by atoms with Crippen molar-refractivity contribution in [1.82, 2.24) is 14.8 Å². The normalized spacial score (nSPS) is 16.6. The Bertz CT molecular complexity index is 821. The van der Waals surface area contributed by atoms with Crippen LogP contribution in [0.3, 0.4) is 0 Å². The number of fused-ring (bicyclic) bond motifs is 1. The minimum Gasteiger partial charge on any atom is -0.324 e. The fraction of sp³-hybridized carbons (Fsp3) is 0.0588. The molecule has 1 aliphatic heterocycles. The zero-order valence-electron chi connectivity index (χ0n) is 11.6. The van der Waals surface area contributed by atoms with Gasteiger partial charge in [-0.3, -0.25) is 0 Å². The summed E-state index contributed by atoms with van der Waals surface area (Å²) in [4.78, 5) is 4.32. The SMILES string of the molecule is Ic1ccc(C2=C[C@H](c3ccccc3)n3ncnc3N2)cc1. The second-order valence-electron chi connectivity index (χ2n) is 5.10. The highest BCUT2D eigenvalue weighted by atomic mass is 127. The molecule has 0 spiro atoms. The number of hydrogen-bond acceptors (Lipinski definition) is 3. The van der Waals surface area contributed by atoms with Gasteiger partial charge in [-0.15, -0.1) is 0 Å². The third kappa shape index (κ3) is 2.41. The van der Waals surface area contributed by atoms with Gasteiger partial charge in [0.25, 0.3) is 0 Å². The van der Waals surface area contributed by atoms with Crippen LogP contribution in [0, 0.1) is 3.57 Å². The van der Waals surface area contributed by atoms with E-state index in [0.717, 1.165) is 17.2 Å². The van der Waals surface area contributed by atoms with Crippen LogP contribution in [0.1, 0.15) is 17.2 Å².